The Morgan fingerprint density at radius 1 is 0.958 bits per heavy atom. The summed E-state index contributed by atoms with van der Waals surface area (Å²) in [5.74, 6) is 0.502. The molecule has 4 heterocycles. The molecular weight excluding hydrogens is 344 g/mol. The lowest BCUT2D eigenvalue weighted by Gasteiger charge is -1.95. The van der Waals surface area contributed by atoms with E-state index < -0.39 is 0 Å². The highest BCUT2D eigenvalue weighted by Gasteiger charge is 2.17. The van der Waals surface area contributed by atoms with E-state index >= 15 is 0 Å². The lowest BCUT2D eigenvalue weighted by molar-refractivity contribution is 0.466. The van der Waals surface area contributed by atoms with E-state index in [1.807, 2.05) is 41.8 Å². The van der Waals surface area contributed by atoms with Crippen molar-refractivity contribution in [2.45, 2.75) is 10.2 Å². The molecule has 0 aliphatic rings. The first-order valence-corrected chi connectivity index (χ1v) is 8.75. The van der Waals surface area contributed by atoms with Crippen LogP contribution in [-0.4, -0.2) is 20.2 Å². The van der Waals surface area contributed by atoms with Crippen molar-refractivity contribution in [3.63, 3.8) is 0 Å². The molecule has 0 atom stereocenters. The highest BCUT2D eigenvalue weighted by Crippen LogP contribution is 2.36. The number of hydrogen-bond donors (Lipinski definition) is 0. The quantitative estimate of drug-likeness (QED) is 0.438. The highest BCUT2D eigenvalue weighted by molar-refractivity contribution is 7.99. The molecule has 116 valence electrons. The van der Waals surface area contributed by atoms with Gasteiger partial charge in [0.25, 0.3) is 11.1 Å². The molecule has 5 aromatic rings. The normalized spacial score (nSPS) is 11.5. The summed E-state index contributed by atoms with van der Waals surface area (Å²) in [5.41, 5.74) is 2.18. The number of para-hydroxylation sites is 1. The number of benzene rings is 1. The van der Waals surface area contributed by atoms with E-state index in [0.717, 1.165) is 21.4 Å². The second kappa shape index (κ2) is 5.43. The molecule has 8 heteroatoms. The van der Waals surface area contributed by atoms with Gasteiger partial charge in [-0.25, -0.2) is 9.97 Å². The average molecular weight is 352 g/mol. The summed E-state index contributed by atoms with van der Waals surface area (Å²) in [5, 5.41) is 12.1. The third-order valence-electron chi connectivity index (χ3n) is 3.45. The summed E-state index contributed by atoms with van der Waals surface area (Å²) in [4.78, 5) is 9.57. The Bertz CT molecular complexity index is 1150. The van der Waals surface area contributed by atoms with Gasteiger partial charge in [0.15, 0.2) is 10.6 Å². The first kappa shape index (κ1) is 13.7. The van der Waals surface area contributed by atoms with E-state index in [-0.39, 0.29) is 0 Å². The number of thiophene rings is 1. The van der Waals surface area contributed by atoms with Gasteiger partial charge in [-0.15, -0.1) is 21.5 Å². The Hall–Kier alpha value is -2.71. The highest BCUT2D eigenvalue weighted by atomic mass is 32.2. The van der Waals surface area contributed by atoms with Crippen molar-refractivity contribution in [3.8, 4) is 10.8 Å². The van der Waals surface area contributed by atoms with E-state index in [1.165, 1.54) is 18.1 Å². The van der Waals surface area contributed by atoms with Crippen molar-refractivity contribution >= 4 is 45.2 Å². The lowest BCUT2D eigenvalue weighted by atomic mass is 10.2. The fourth-order valence-electron chi connectivity index (χ4n) is 2.41. The average Bonchev–Trinajstić information content (AvgIpc) is 3.34. The second-order valence-corrected chi connectivity index (χ2v) is 6.80. The van der Waals surface area contributed by atoms with Gasteiger partial charge in [0.2, 0.25) is 0 Å². The summed E-state index contributed by atoms with van der Waals surface area (Å²) in [6.45, 7) is 0. The van der Waals surface area contributed by atoms with Gasteiger partial charge in [0, 0.05) is 5.39 Å². The van der Waals surface area contributed by atoms with Crippen molar-refractivity contribution in [1.29, 1.82) is 0 Å². The molecule has 0 saturated carbocycles. The van der Waals surface area contributed by atoms with Crippen LogP contribution >= 0.6 is 23.1 Å². The van der Waals surface area contributed by atoms with E-state index in [4.69, 9.17) is 8.83 Å². The van der Waals surface area contributed by atoms with Crippen molar-refractivity contribution in [2.24, 2.45) is 0 Å². The smallest absolute Gasteiger partial charge is 0.283 e. The first-order valence-electron chi connectivity index (χ1n) is 7.06. The molecule has 0 radical (unpaired) electrons. The second-order valence-electron chi connectivity index (χ2n) is 4.91. The monoisotopic (exact) mass is 352 g/mol. The molecule has 0 N–H and O–H groups in total. The fraction of sp³-hybridized carbons (Fsp3) is 0. The molecule has 0 bridgehead atoms. The molecule has 0 amide bonds. The van der Waals surface area contributed by atoms with Gasteiger partial charge in [-0.3, -0.25) is 0 Å². The molecule has 0 aliphatic heterocycles. The minimum absolute atomic E-state index is 0.416. The number of fused-ring (bicyclic) bond motifs is 3. The van der Waals surface area contributed by atoms with E-state index in [2.05, 4.69) is 20.2 Å². The van der Waals surface area contributed by atoms with Gasteiger partial charge in [0.1, 0.15) is 17.4 Å². The van der Waals surface area contributed by atoms with Crippen molar-refractivity contribution < 1.29 is 8.83 Å². The third-order valence-corrected chi connectivity index (χ3v) is 5.13. The number of furan rings is 1. The van der Waals surface area contributed by atoms with E-state index in [0.29, 0.717) is 21.7 Å². The molecule has 0 fully saturated rings. The summed E-state index contributed by atoms with van der Waals surface area (Å²) in [6, 6.07) is 11.7. The molecule has 6 nitrogen and oxygen atoms in total. The Morgan fingerprint density at radius 3 is 2.83 bits per heavy atom. The van der Waals surface area contributed by atoms with Crippen LogP contribution in [0.2, 0.25) is 0 Å². The molecular formula is C16H8N4O2S2. The number of rotatable bonds is 3. The van der Waals surface area contributed by atoms with Crippen LogP contribution in [0.4, 0.5) is 0 Å². The van der Waals surface area contributed by atoms with Crippen LogP contribution in [0.1, 0.15) is 0 Å². The van der Waals surface area contributed by atoms with Gasteiger partial charge in [-0.05, 0) is 35.3 Å². The third kappa shape index (κ3) is 2.19. The van der Waals surface area contributed by atoms with Crippen LogP contribution in [-0.2, 0) is 0 Å². The molecule has 24 heavy (non-hydrogen) atoms. The maximum atomic E-state index is 5.90. The van der Waals surface area contributed by atoms with Gasteiger partial charge in [0.05, 0.1) is 4.88 Å². The number of nitrogens with zero attached hydrogens (tertiary/aromatic N) is 4. The molecule has 0 saturated heterocycles. The van der Waals surface area contributed by atoms with Crippen molar-refractivity contribution in [3.05, 3.63) is 48.1 Å². The topological polar surface area (TPSA) is 77.8 Å². The Balaban J connectivity index is 1.57. The number of aromatic nitrogens is 4. The zero-order valence-electron chi connectivity index (χ0n) is 12.0. The minimum atomic E-state index is 0.416. The molecule has 0 aliphatic carbocycles. The van der Waals surface area contributed by atoms with Gasteiger partial charge < -0.3 is 8.83 Å². The molecule has 0 unspecified atom stereocenters. The molecule has 5 rings (SSSR count). The zero-order valence-corrected chi connectivity index (χ0v) is 13.7. The summed E-state index contributed by atoms with van der Waals surface area (Å²) in [6.07, 6.45) is 1.52. The van der Waals surface area contributed by atoms with Crippen LogP contribution < -0.4 is 0 Å². The van der Waals surface area contributed by atoms with Gasteiger partial charge in [-0.2, -0.15) is 0 Å². The summed E-state index contributed by atoms with van der Waals surface area (Å²) >= 11 is 2.82. The standard InChI is InChI=1S/C16H8N4O2S2/c1-2-5-10-9(4-1)12-13(21-10)15(18-8-17-12)24-16-20-19-14(22-16)11-6-3-7-23-11/h1-8H. The van der Waals surface area contributed by atoms with E-state index in [9.17, 15) is 0 Å². The summed E-state index contributed by atoms with van der Waals surface area (Å²) < 4.78 is 11.6. The fourth-order valence-corrected chi connectivity index (χ4v) is 3.75. The SMILES string of the molecule is c1csc(-c2nnc(Sc3ncnc4c3oc3ccccc34)o2)c1. The Morgan fingerprint density at radius 2 is 1.92 bits per heavy atom. The maximum Gasteiger partial charge on any atom is 0.283 e. The predicted molar refractivity (Wildman–Crippen MR) is 91.0 cm³/mol. The van der Waals surface area contributed by atoms with Gasteiger partial charge in [-0.1, -0.05) is 18.2 Å². The summed E-state index contributed by atoms with van der Waals surface area (Å²) in [7, 11) is 0. The lowest BCUT2D eigenvalue weighted by Crippen LogP contribution is -1.84. The van der Waals surface area contributed by atoms with Crippen molar-refractivity contribution in [2.75, 3.05) is 0 Å². The van der Waals surface area contributed by atoms with Crippen LogP contribution in [0, 0.1) is 0 Å². The minimum Gasteiger partial charge on any atom is -0.451 e. The zero-order chi connectivity index (χ0) is 15.9. The van der Waals surface area contributed by atoms with Crippen LogP contribution in [0.15, 0.2) is 67.2 Å². The van der Waals surface area contributed by atoms with Crippen LogP contribution in [0.3, 0.4) is 0 Å². The predicted octanol–water partition coefficient (Wildman–Crippen LogP) is 4.64. The molecule has 0 spiro atoms. The Labute approximate surface area is 143 Å². The van der Waals surface area contributed by atoms with E-state index in [1.54, 1.807) is 11.3 Å². The maximum absolute atomic E-state index is 5.90. The first-order chi connectivity index (χ1) is 11.9. The van der Waals surface area contributed by atoms with Gasteiger partial charge >= 0.3 is 0 Å². The number of hydrogen-bond acceptors (Lipinski definition) is 8. The molecule has 4 aromatic heterocycles. The van der Waals surface area contributed by atoms with Crippen LogP contribution in [0.5, 0.6) is 0 Å². The molecule has 1 aromatic carbocycles. The van der Waals surface area contributed by atoms with Crippen molar-refractivity contribution in [1.82, 2.24) is 20.2 Å². The largest absolute Gasteiger partial charge is 0.451 e. The van der Waals surface area contributed by atoms with Crippen LogP contribution in [0.25, 0.3) is 32.8 Å². The Kier molecular flexibility index (Phi) is 3.10.